The molecule has 2 saturated heterocycles. The molecule has 0 saturated carbocycles. The van der Waals surface area contributed by atoms with E-state index in [9.17, 15) is 4.79 Å². The van der Waals surface area contributed by atoms with E-state index in [1.165, 1.54) is 5.56 Å². The smallest absolute Gasteiger partial charge is 0.319 e. The second-order valence-corrected chi connectivity index (χ2v) is 9.75. The molecule has 9 nitrogen and oxygen atoms in total. The first kappa shape index (κ1) is 24.9. The zero-order valence-electron chi connectivity index (χ0n) is 21.5. The number of fused-ring (bicyclic) bond motifs is 1. The van der Waals surface area contributed by atoms with E-state index in [0.29, 0.717) is 18.6 Å². The molecule has 194 valence electrons. The van der Waals surface area contributed by atoms with Crippen molar-refractivity contribution in [2.24, 2.45) is 0 Å². The van der Waals surface area contributed by atoms with Gasteiger partial charge in [0.25, 0.3) is 0 Å². The van der Waals surface area contributed by atoms with Gasteiger partial charge in [-0.2, -0.15) is 0 Å². The van der Waals surface area contributed by atoms with E-state index in [4.69, 9.17) is 19.4 Å². The van der Waals surface area contributed by atoms with Crippen LogP contribution in [0.3, 0.4) is 0 Å². The molecule has 36 heavy (non-hydrogen) atoms. The van der Waals surface area contributed by atoms with Crippen LogP contribution >= 0.6 is 0 Å². The van der Waals surface area contributed by atoms with Gasteiger partial charge in [0.2, 0.25) is 0 Å². The fourth-order valence-electron chi connectivity index (χ4n) is 5.47. The lowest BCUT2D eigenvalue weighted by Gasteiger charge is -2.41. The maximum atomic E-state index is 11.9. The molecule has 9 heteroatoms. The van der Waals surface area contributed by atoms with Gasteiger partial charge in [-0.05, 0) is 56.9 Å². The normalized spacial score (nSPS) is 21.2. The highest BCUT2D eigenvalue weighted by molar-refractivity contribution is 5.89. The molecule has 0 spiro atoms. The predicted molar refractivity (Wildman–Crippen MR) is 140 cm³/mol. The van der Waals surface area contributed by atoms with Crippen LogP contribution in [-0.4, -0.2) is 79.0 Å². The molecule has 0 aliphatic carbocycles. The van der Waals surface area contributed by atoms with Gasteiger partial charge in [0.05, 0.1) is 24.9 Å². The van der Waals surface area contributed by atoms with E-state index in [1.54, 1.807) is 0 Å². The Morgan fingerprint density at radius 2 is 1.86 bits per heavy atom. The number of carbonyl (C=O) groups excluding carboxylic acids is 1. The third-order valence-corrected chi connectivity index (χ3v) is 7.49. The Balaban J connectivity index is 1.47. The fourth-order valence-corrected chi connectivity index (χ4v) is 5.47. The average molecular weight is 495 g/mol. The first-order valence-corrected chi connectivity index (χ1v) is 13.4. The summed E-state index contributed by atoms with van der Waals surface area (Å²) in [6.45, 7) is 10.6. The first-order chi connectivity index (χ1) is 17.7. The summed E-state index contributed by atoms with van der Waals surface area (Å²) in [5, 5.41) is 5.62. The van der Waals surface area contributed by atoms with Crippen LogP contribution < -0.4 is 15.5 Å². The summed E-state index contributed by atoms with van der Waals surface area (Å²) < 4.78 is 11.4. The lowest BCUT2D eigenvalue weighted by atomic mass is 9.98. The van der Waals surface area contributed by atoms with Crippen molar-refractivity contribution in [1.29, 1.82) is 0 Å². The quantitative estimate of drug-likeness (QED) is 0.636. The van der Waals surface area contributed by atoms with Crippen molar-refractivity contribution >= 4 is 17.5 Å². The molecule has 2 fully saturated rings. The highest BCUT2D eigenvalue weighted by atomic mass is 16.5. The van der Waals surface area contributed by atoms with Crippen molar-refractivity contribution in [3.05, 3.63) is 35.5 Å². The summed E-state index contributed by atoms with van der Waals surface area (Å²) in [5.74, 6) is 1.81. The molecule has 0 unspecified atom stereocenters. The monoisotopic (exact) mass is 494 g/mol. The van der Waals surface area contributed by atoms with Crippen molar-refractivity contribution in [2.75, 3.05) is 56.3 Å². The molecule has 5 rings (SSSR count). The van der Waals surface area contributed by atoms with Crippen molar-refractivity contribution in [2.45, 2.75) is 58.2 Å². The lowest BCUT2D eigenvalue weighted by molar-refractivity contribution is 0.0284. The summed E-state index contributed by atoms with van der Waals surface area (Å²) in [6.07, 6.45) is 4.15. The second kappa shape index (κ2) is 11.5. The van der Waals surface area contributed by atoms with Gasteiger partial charge in [-0.15, -0.1) is 0 Å². The standard InChI is InChI=1S/C27H38N6O3/c1-3-21-18-36-16-13-33(21)26-23-9-12-32(22-10-14-35-15-11-22)17-24(23)30-25(31-26)19-5-7-20(8-6-19)29-27(34)28-4-2/h5-8,21-22H,3-4,9-18H2,1-2H3,(H2,28,29,34)/t21-/m0/s1. The average Bonchev–Trinajstić information content (AvgIpc) is 2.93. The molecular weight excluding hydrogens is 456 g/mol. The van der Waals surface area contributed by atoms with Crippen LogP contribution in [0.4, 0.5) is 16.3 Å². The van der Waals surface area contributed by atoms with Crippen LogP contribution in [0.1, 0.15) is 44.4 Å². The van der Waals surface area contributed by atoms with Crippen molar-refractivity contribution in [1.82, 2.24) is 20.2 Å². The number of urea groups is 1. The Kier molecular flexibility index (Phi) is 7.99. The molecule has 2 aromatic rings. The van der Waals surface area contributed by atoms with Gasteiger partial charge in [-0.1, -0.05) is 6.92 Å². The molecule has 2 N–H and O–H groups in total. The molecule has 3 aliphatic rings. The van der Waals surface area contributed by atoms with Gasteiger partial charge in [0.15, 0.2) is 5.82 Å². The molecule has 0 radical (unpaired) electrons. The maximum Gasteiger partial charge on any atom is 0.319 e. The minimum Gasteiger partial charge on any atom is -0.381 e. The fraction of sp³-hybridized carbons (Fsp3) is 0.593. The predicted octanol–water partition coefficient (Wildman–Crippen LogP) is 3.44. The number of hydrogen-bond acceptors (Lipinski definition) is 7. The van der Waals surface area contributed by atoms with Gasteiger partial charge < -0.3 is 25.0 Å². The van der Waals surface area contributed by atoms with Crippen LogP contribution in [0.25, 0.3) is 11.4 Å². The van der Waals surface area contributed by atoms with E-state index < -0.39 is 0 Å². The van der Waals surface area contributed by atoms with Crippen LogP contribution in [0.5, 0.6) is 0 Å². The van der Waals surface area contributed by atoms with Gasteiger partial charge in [0.1, 0.15) is 5.82 Å². The zero-order chi connectivity index (χ0) is 24.9. The summed E-state index contributed by atoms with van der Waals surface area (Å²) in [5.41, 5.74) is 4.12. The number of benzene rings is 1. The topological polar surface area (TPSA) is 91.9 Å². The Bertz CT molecular complexity index is 1040. The summed E-state index contributed by atoms with van der Waals surface area (Å²) in [7, 11) is 0. The van der Waals surface area contributed by atoms with Crippen LogP contribution in [0.15, 0.2) is 24.3 Å². The molecule has 0 bridgehead atoms. The van der Waals surface area contributed by atoms with E-state index in [-0.39, 0.29) is 6.03 Å². The number of nitrogens with zero attached hydrogens (tertiary/aromatic N) is 4. The van der Waals surface area contributed by atoms with E-state index >= 15 is 0 Å². The third-order valence-electron chi connectivity index (χ3n) is 7.49. The van der Waals surface area contributed by atoms with Crippen LogP contribution in [0.2, 0.25) is 0 Å². The second-order valence-electron chi connectivity index (χ2n) is 9.75. The van der Waals surface area contributed by atoms with Gasteiger partial charge >= 0.3 is 6.03 Å². The number of aromatic nitrogens is 2. The summed E-state index contributed by atoms with van der Waals surface area (Å²) in [6, 6.07) is 8.47. The molecule has 3 aliphatic heterocycles. The number of ether oxygens (including phenoxy) is 2. The molecule has 4 heterocycles. The van der Waals surface area contributed by atoms with Crippen molar-refractivity contribution in [3.63, 3.8) is 0 Å². The number of rotatable bonds is 6. The van der Waals surface area contributed by atoms with E-state index in [0.717, 1.165) is 100 Å². The van der Waals surface area contributed by atoms with Crippen LogP contribution in [0, 0.1) is 0 Å². The number of carbonyl (C=O) groups is 1. The highest BCUT2D eigenvalue weighted by Crippen LogP contribution is 2.33. The van der Waals surface area contributed by atoms with Gasteiger partial charge in [0, 0.05) is 62.2 Å². The lowest BCUT2D eigenvalue weighted by Crippen LogP contribution is -2.47. The molecule has 1 aromatic carbocycles. The van der Waals surface area contributed by atoms with Crippen molar-refractivity contribution in [3.8, 4) is 11.4 Å². The largest absolute Gasteiger partial charge is 0.381 e. The molecule has 2 amide bonds. The summed E-state index contributed by atoms with van der Waals surface area (Å²) >= 11 is 0. The van der Waals surface area contributed by atoms with Crippen LogP contribution in [-0.2, 0) is 22.4 Å². The van der Waals surface area contributed by atoms with Gasteiger partial charge in [-0.25, -0.2) is 14.8 Å². The third kappa shape index (κ3) is 5.48. The SMILES string of the molecule is CCNC(=O)Nc1ccc(-c2nc3c(c(N4CCOC[C@@H]4CC)n2)CCN(C2CCOCC2)C3)cc1. The number of amides is 2. The minimum atomic E-state index is -0.205. The maximum absolute atomic E-state index is 11.9. The Morgan fingerprint density at radius 3 is 2.61 bits per heavy atom. The van der Waals surface area contributed by atoms with E-state index in [2.05, 4.69) is 27.4 Å². The Morgan fingerprint density at radius 1 is 1.06 bits per heavy atom. The number of nitrogens with one attached hydrogen (secondary N) is 2. The minimum absolute atomic E-state index is 0.205. The highest BCUT2D eigenvalue weighted by Gasteiger charge is 2.32. The Labute approximate surface area is 213 Å². The molecule has 1 atom stereocenters. The molecular formula is C27H38N6O3. The number of morpholine rings is 1. The van der Waals surface area contributed by atoms with Crippen molar-refractivity contribution < 1.29 is 14.3 Å². The zero-order valence-corrected chi connectivity index (χ0v) is 21.5. The Hall–Kier alpha value is -2.75. The first-order valence-electron chi connectivity index (χ1n) is 13.4. The van der Waals surface area contributed by atoms with E-state index in [1.807, 2.05) is 31.2 Å². The molecule has 1 aromatic heterocycles. The number of hydrogen-bond donors (Lipinski definition) is 2. The summed E-state index contributed by atoms with van der Waals surface area (Å²) in [4.78, 5) is 27.2. The van der Waals surface area contributed by atoms with Gasteiger partial charge in [-0.3, -0.25) is 4.90 Å². The number of anilines is 2.